The molecule has 0 radical (unpaired) electrons. The molecule has 2 heterocycles. The van der Waals surface area contributed by atoms with Crippen LogP contribution in [0.3, 0.4) is 0 Å². The number of piperidine rings is 1. The minimum absolute atomic E-state index is 0.190. The maximum atomic E-state index is 11.8. The van der Waals surface area contributed by atoms with Crippen LogP contribution < -0.4 is 5.32 Å². The number of amides is 1. The first-order valence-corrected chi connectivity index (χ1v) is 7.77. The van der Waals surface area contributed by atoms with E-state index in [1.54, 1.807) is 4.90 Å². The number of likely N-dealkylation sites (N-methyl/N-ethyl adjacent to an activating group) is 1. The highest BCUT2D eigenvalue weighted by molar-refractivity contribution is 5.69. The van der Waals surface area contributed by atoms with E-state index >= 15 is 0 Å². The molecule has 1 N–H and O–H groups in total. The summed E-state index contributed by atoms with van der Waals surface area (Å²) in [6, 6.07) is 1.08. The van der Waals surface area contributed by atoms with Crippen LogP contribution in [0, 0.1) is 0 Å². The molecule has 2 fully saturated rings. The van der Waals surface area contributed by atoms with Crippen LogP contribution in [0.15, 0.2) is 0 Å². The van der Waals surface area contributed by atoms with Crippen LogP contribution in [-0.4, -0.2) is 66.8 Å². The SMILES string of the molecule is CN1CCCCC1CNC1CN(C(=O)OC(C)(C)C)C1. The minimum Gasteiger partial charge on any atom is -0.444 e. The third kappa shape index (κ3) is 4.35. The number of nitrogens with one attached hydrogen (secondary N) is 1. The number of hydrogen-bond donors (Lipinski definition) is 1. The number of rotatable bonds is 3. The van der Waals surface area contributed by atoms with Crippen molar-refractivity contribution in [3.8, 4) is 0 Å². The first-order chi connectivity index (χ1) is 9.35. The van der Waals surface area contributed by atoms with Crippen molar-refractivity contribution < 1.29 is 9.53 Å². The maximum absolute atomic E-state index is 11.8. The van der Waals surface area contributed by atoms with Crippen molar-refractivity contribution in [3.05, 3.63) is 0 Å². The van der Waals surface area contributed by atoms with E-state index < -0.39 is 5.60 Å². The summed E-state index contributed by atoms with van der Waals surface area (Å²) in [5.74, 6) is 0. The molecule has 20 heavy (non-hydrogen) atoms. The Labute approximate surface area is 122 Å². The molecule has 0 bridgehead atoms. The summed E-state index contributed by atoms with van der Waals surface area (Å²) in [5, 5.41) is 3.58. The van der Waals surface area contributed by atoms with Crippen molar-refractivity contribution in [2.24, 2.45) is 0 Å². The van der Waals surface area contributed by atoms with Gasteiger partial charge in [0.1, 0.15) is 5.60 Å². The lowest BCUT2D eigenvalue weighted by atomic mass is 10.0. The molecule has 5 heteroatoms. The molecule has 116 valence electrons. The smallest absolute Gasteiger partial charge is 0.410 e. The molecular formula is C15H29N3O2. The zero-order valence-electron chi connectivity index (χ0n) is 13.3. The Morgan fingerprint density at radius 1 is 1.30 bits per heavy atom. The van der Waals surface area contributed by atoms with Gasteiger partial charge in [-0.05, 0) is 47.2 Å². The van der Waals surface area contributed by atoms with Gasteiger partial charge in [-0.25, -0.2) is 4.79 Å². The molecule has 5 nitrogen and oxygen atoms in total. The van der Waals surface area contributed by atoms with E-state index in [1.165, 1.54) is 25.8 Å². The number of likely N-dealkylation sites (tertiary alicyclic amines) is 2. The Morgan fingerprint density at radius 2 is 2.00 bits per heavy atom. The van der Waals surface area contributed by atoms with E-state index in [-0.39, 0.29) is 6.09 Å². The molecule has 1 atom stereocenters. The Bertz CT molecular complexity index is 335. The highest BCUT2D eigenvalue weighted by Crippen LogP contribution is 2.17. The monoisotopic (exact) mass is 283 g/mol. The van der Waals surface area contributed by atoms with Crippen LogP contribution >= 0.6 is 0 Å². The van der Waals surface area contributed by atoms with Crippen molar-refractivity contribution in [2.45, 2.75) is 57.7 Å². The van der Waals surface area contributed by atoms with E-state index in [0.717, 1.165) is 19.6 Å². The quantitative estimate of drug-likeness (QED) is 0.856. The molecule has 1 amide bonds. The molecule has 0 aromatic carbocycles. The van der Waals surface area contributed by atoms with Crippen LogP contribution in [0.2, 0.25) is 0 Å². The topological polar surface area (TPSA) is 44.8 Å². The summed E-state index contributed by atoms with van der Waals surface area (Å²) < 4.78 is 5.35. The second-order valence-electron chi connectivity index (χ2n) is 7.12. The van der Waals surface area contributed by atoms with Gasteiger partial charge in [0, 0.05) is 31.7 Å². The van der Waals surface area contributed by atoms with E-state index in [0.29, 0.717) is 12.1 Å². The zero-order chi connectivity index (χ0) is 14.8. The second-order valence-corrected chi connectivity index (χ2v) is 7.12. The lowest BCUT2D eigenvalue weighted by Gasteiger charge is -2.41. The average molecular weight is 283 g/mol. The van der Waals surface area contributed by atoms with Crippen LogP contribution in [-0.2, 0) is 4.74 Å². The highest BCUT2D eigenvalue weighted by Gasteiger charge is 2.33. The molecular weight excluding hydrogens is 254 g/mol. The van der Waals surface area contributed by atoms with Crippen LogP contribution in [0.25, 0.3) is 0 Å². The fourth-order valence-electron chi connectivity index (χ4n) is 2.79. The molecule has 0 spiro atoms. The fraction of sp³-hybridized carbons (Fsp3) is 0.933. The molecule has 0 aromatic rings. The van der Waals surface area contributed by atoms with Crippen molar-refractivity contribution >= 4 is 6.09 Å². The molecule has 1 unspecified atom stereocenters. The normalized spacial score (nSPS) is 25.4. The predicted molar refractivity (Wildman–Crippen MR) is 79.9 cm³/mol. The Balaban J connectivity index is 1.63. The van der Waals surface area contributed by atoms with Gasteiger partial charge in [-0.3, -0.25) is 0 Å². The summed E-state index contributed by atoms with van der Waals surface area (Å²) in [6.07, 6.45) is 3.76. The van der Waals surface area contributed by atoms with Gasteiger partial charge >= 0.3 is 6.09 Å². The summed E-state index contributed by atoms with van der Waals surface area (Å²) in [4.78, 5) is 16.0. The van der Waals surface area contributed by atoms with Gasteiger partial charge in [0.15, 0.2) is 0 Å². The zero-order valence-corrected chi connectivity index (χ0v) is 13.3. The molecule has 0 aliphatic carbocycles. The molecule has 0 aromatic heterocycles. The lowest BCUT2D eigenvalue weighted by Crippen LogP contribution is -2.62. The number of carbonyl (C=O) groups excluding carboxylic acids is 1. The highest BCUT2D eigenvalue weighted by atomic mass is 16.6. The largest absolute Gasteiger partial charge is 0.444 e. The van der Waals surface area contributed by atoms with E-state index in [9.17, 15) is 4.79 Å². The van der Waals surface area contributed by atoms with E-state index in [1.807, 2.05) is 20.8 Å². The van der Waals surface area contributed by atoms with E-state index in [4.69, 9.17) is 4.74 Å². The molecule has 2 aliphatic heterocycles. The lowest BCUT2D eigenvalue weighted by molar-refractivity contribution is 0.00451. The Morgan fingerprint density at radius 3 is 2.60 bits per heavy atom. The molecule has 2 rings (SSSR count). The van der Waals surface area contributed by atoms with Crippen molar-refractivity contribution in [1.82, 2.24) is 15.1 Å². The van der Waals surface area contributed by atoms with Gasteiger partial charge in [-0.2, -0.15) is 0 Å². The number of hydrogen-bond acceptors (Lipinski definition) is 4. The number of nitrogens with zero attached hydrogens (tertiary/aromatic N) is 2. The fourth-order valence-corrected chi connectivity index (χ4v) is 2.79. The van der Waals surface area contributed by atoms with Crippen LogP contribution in [0.4, 0.5) is 4.79 Å². The van der Waals surface area contributed by atoms with Crippen LogP contribution in [0.1, 0.15) is 40.0 Å². The van der Waals surface area contributed by atoms with Crippen LogP contribution in [0.5, 0.6) is 0 Å². The summed E-state index contributed by atoms with van der Waals surface area (Å²) in [6.45, 7) is 9.49. The first kappa shape index (κ1) is 15.6. The summed E-state index contributed by atoms with van der Waals surface area (Å²) in [7, 11) is 2.21. The van der Waals surface area contributed by atoms with Gasteiger partial charge in [-0.1, -0.05) is 6.42 Å². The molecule has 0 saturated carbocycles. The predicted octanol–water partition coefficient (Wildman–Crippen LogP) is 1.68. The summed E-state index contributed by atoms with van der Waals surface area (Å²) in [5.41, 5.74) is -0.402. The third-order valence-electron chi connectivity index (χ3n) is 4.10. The third-order valence-corrected chi connectivity index (χ3v) is 4.10. The maximum Gasteiger partial charge on any atom is 0.410 e. The minimum atomic E-state index is -0.402. The standard InChI is InChI=1S/C15H29N3O2/c1-15(2,3)20-14(19)18-10-12(11-18)16-9-13-7-5-6-8-17(13)4/h12-13,16H,5-11H2,1-4H3. The molecule has 2 saturated heterocycles. The van der Waals surface area contributed by atoms with Crippen molar-refractivity contribution in [2.75, 3.05) is 33.2 Å². The Hall–Kier alpha value is -0.810. The van der Waals surface area contributed by atoms with Crippen molar-refractivity contribution in [3.63, 3.8) is 0 Å². The van der Waals surface area contributed by atoms with Gasteiger partial charge in [-0.15, -0.1) is 0 Å². The average Bonchev–Trinajstić information content (AvgIpc) is 2.26. The van der Waals surface area contributed by atoms with Gasteiger partial charge in [0.05, 0.1) is 0 Å². The van der Waals surface area contributed by atoms with Gasteiger partial charge in [0.2, 0.25) is 0 Å². The number of carbonyl (C=O) groups is 1. The molecule has 2 aliphatic rings. The Kier molecular flexibility index (Phi) is 4.91. The second kappa shape index (κ2) is 6.31. The first-order valence-electron chi connectivity index (χ1n) is 7.77. The summed E-state index contributed by atoms with van der Waals surface area (Å²) >= 11 is 0. The number of ether oxygens (including phenoxy) is 1. The van der Waals surface area contributed by atoms with Crippen molar-refractivity contribution in [1.29, 1.82) is 0 Å². The van der Waals surface area contributed by atoms with Gasteiger partial charge in [0.25, 0.3) is 0 Å². The van der Waals surface area contributed by atoms with Gasteiger partial charge < -0.3 is 19.9 Å². The van der Waals surface area contributed by atoms with E-state index in [2.05, 4.69) is 17.3 Å².